The van der Waals surface area contributed by atoms with Crippen LogP contribution in [0, 0.1) is 5.21 Å². The van der Waals surface area contributed by atoms with Crippen LogP contribution in [0.2, 0.25) is 0 Å². The van der Waals surface area contributed by atoms with Gasteiger partial charge < -0.3 is 14.6 Å². The molecule has 0 saturated carbocycles. The molecule has 2 heterocycles. The van der Waals surface area contributed by atoms with Crippen molar-refractivity contribution in [3.05, 3.63) is 77.0 Å². The maximum Gasteiger partial charge on any atom is 0.108 e. The Kier molecular flexibility index (Phi) is 4.17. The summed E-state index contributed by atoms with van der Waals surface area (Å²) in [7, 11) is 1.85. The summed E-state index contributed by atoms with van der Waals surface area (Å²) in [6.07, 6.45) is 3.98. The zero-order valence-electron chi connectivity index (χ0n) is 14.2. The average Bonchev–Trinajstić information content (AvgIpc) is 2.79. The van der Waals surface area contributed by atoms with E-state index in [9.17, 15) is 5.21 Å². The number of hydroxylamine groups is 3. The molecule has 2 aromatic carbocycles. The molecule has 4 atom stereocenters. The summed E-state index contributed by atoms with van der Waals surface area (Å²) in [4.78, 5) is 0. The van der Waals surface area contributed by atoms with E-state index in [2.05, 4.69) is 48.5 Å². The van der Waals surface area contributed by atoms with Crippen molar-refractivity contribution in [2.45, 2.75) is 50.0 Å². The Hall–Kier alpha value is -1.68. The second kappa shape index (κ2) is 6.32. The molecular formula is C21H25NO2. The topological polar surface area (TPSA) is 32.3 Å². The van der Waals surface area contributed by atoms with Crippen molar-refractivity contribution in [3.8, 4) is 0 Å². The number of quaternary nitrogens is 1. The summed E-state index contributed by atoms with van der Waals surface area (Å²) in [5.41, 5.74) is 2.36. The maximum atomic E-state index is 12.7. The van der Waals surface area contributed by atoms with Crippen molar-refractivity contribution in [2.75, 3.05) is 7.05 Å². The Labute approximate surface area is 144 Å². The quantitative estimate of drug-likeness (QED) is 0.616. The van der Waals surface area contributed by atoms with Crippen LogP contribution in [0.1, 0.15) is 42.9 Å². The molecule has 2 aliphatic rings. The molecule has 0 radical (unpaired) electrons. The molecule has 2 saturated heterocycles. The largest absolute Gasteiger partial charge is 0.633 e. The van der Waals surface area contributed by atoms with E-state index in [4.69, 9.17) is 4.74 Å². The highest BCUT2D eigenvalue weighted by Gasteiger charge is 2.47. The van der Waals surface area contributed by atoms with Crippen molar-refractivity contribution in [3.63, 3.8) is 0 Å². The lowest BCUT2D eigenvalue weighted by Gasteiger charge is -2.50. The molecule has 0 spiro atoms. The van der Waals surface area contributed by atoms with Gasteiger partial charge in [-0.1, -0.05) is 60.7 Å². The Morgan fingerprint density at radius 1 is 0.875 bits per heavy atom. The van der Waals surface area contributed by atoms with Gasteiger partial charge in [0.25, 0.3) is 0 Å². The summed E-state index contributed by atoms with van der Waals surface area (Å²) >= 11 is 0. The average molecular weight is 323 g/mol. The first kappa shape index (κ1) is 15.8. The van der Waals surface area contributed by atoms with Gasteiger partial charge in [-0.3, -0.25) is 0 Å². The molecule has 2 unspecified atom stereocenters. The van der Waals surface area contributed by atoms with Gasteiger partial charge in [-0.2, -0.15) is 0 Å². The van der Waals surface area contributed by atoms with E-state index in [0.29, 0.717) is 0 Å². The van der Waals surface area contributed by atoms with Gasteiger partial charge in [0.2, 0.25) is 0 Å². The van der Waals surface area contributed by atoms with E-state index < -0.39 is 0 Å². The highest BCUT2D eigenvalue weighted by atomic mass is 16.6. The minimum atomic E-state index is -0.0553. The van der Waals surface area contributed by atoms with Crippen molar-refractivity contribution >= 4 is 0 Å². The number of ether oxygens (including phenoxy) is 1. The van der Waals surface area contributed by atoms with Crippen LogP contribution in [-0.4, -0.2) is 29.9 Å². The second-order valence-corrected chi connectivity index (χ2v) is 7.37. The molecule has 0 N–H and O–H groups in total. The SMILES string of the molecule is C[N+]1([O-])[C@@H]2CC[C@H]1CC(OC(c1ccccc1)c1ccccc1)C2. The van der Waals surface area contributed by atoms with Crippen molar-refractivity contribution < 1.29 is 9.38 Å². The number of rotatable bonds is 4. The third-order valence-electron chi connectivity index (χ3n) is 5.89. The molecule has 3 heteroatoms. The van der Waals surface area contributed by atoms with Crippen LogP contribution in [0.15, 0.2) is 60.7 Å². The molecule has 3 nitrogen and oxygen atoms in total. The smallest absolute Gasteiger partial charge is 0.108 e. The standard InChI is InChI=1S/C21H25NO2/c1-22(23)18-12-13-19(22)15-20(14-18)24-21(16-8-4-2-5-9-16)17-10-6-3-7-11-17/h2-11,18-21H,12-15H2,1H3/t18-,19+,20?,22?. The van der Waals surface area contributed by atoms with Crippen LogP contribution < -0.4 is 0 Å². The van der Waals surface area contributed by atoms with Crippen LogP contribution in [-0.2, 0) is 4.74 Å². The Morgan fingerprint density at radius 2 is 1.33 bits per heavy atom. The first-order valence-electron chi connectivity index (χ1n) is 8.97. The fraction of sp³-hybridized carbons (Fsp3) is 0.429. The molecule has 2 bridgehead atoms. The van der Waals surface area contributed by atoms with Crippen LogP contribution in [0.4, 0.5) is 0 Å². The number of hydrogen-bond donors (Lipinski definition) is 0. The van der Waals surface area contributed by atoms with E-state index in [1.54, 1.807) is 0 Å². The summed E-state index contributed by atoms with van der Waals surface area (Å²) in [6.45, 7) is 0. The molecule has 4 rings (SSSR count). The monoisotopic (exact) mass is 323 g/mol. The summed E-state index contributed by atoms with van der Waals surface area (Å²) in [5.74, 6) is 0. The lowest BCUT2D eigenvalue weighted by molar-refractivity contribution is -0.903. The number of piperidine rings is 1. The highest BCUT2D eigenvalue weighted by Crippen LogP contribution is 2.43. The highest BCUT2D eigenvalue weighted by molar-refractivity contribution is 5.30. The van der Waals surface area contributed by atoms with E-state index in [1.165, 1.54) is 11.1 Å². The molecule has 2 aromatic rings. The number of benzene rings is 2. The number of nitrogens with zero attached hydrogens (tertiary/aromatic N) is 1. The van der Waals surface area contributed by atoms with E-state index in [0.717, 1.165) is 25.7 Å². The predicted octanol–water partition coefficient (Wildman–Crippen LogP) is 4.43. The number of fused-ring (bicyclic) bond motifs is 2. The molecule has 126 valence electrons. The molecule has 2 fully saturated rings. The molecule has 0 aliphatic carbocycles. The normalized spacial score (nSPS) is 32.2. The predicted molar refractivity (Wildman–Crippen MR) is 95.2 cm³/mol. The molecule has 0 aromatic heterocycles. The zero-order valence-corrected chi connectivity index (χ0v) is 14.2. The first-order valence-corrected chi connectivity index (χ1v) is 8.97. The van der Waals surface area contributed by atoms with Gasteiger partial charge in [0.15, 0.2) is 0 Å². The van der Waals surface area contributed by atoms with Crippen LogP contribution >= 0.6 is 0 Å². The Bertz CT molecular complexity index is 615. The Morgan fingerprint density at radius 3 is 1.79 bits per heavy atom. The lowest BCUT2D eigenvalue weighted by Crippen LogP contribution is -2.54. The van der Waals surface area contributed by atoms with Crippen molar-refractivity contribution in [2.24, 2.45) is 0 Å². The molecular weight excluding hydrogens is 298 g/mol. The minimum absolute atomic E-state index is 0.0544. The number of hydrogen-bond acceptors (Lipinski definition) is 2. The molecule has 2 aliphatic heterocycles. The maximum absolute atomic E-state index is 12.7. The van der Waals surface area contributed by atoms with Crippen LogP contribution in [0.25, 0.3) is 0 Å². The first-order chi connectivity index (χ1) is 11.6. The van der Waals surface area contributed by atoms with Gasteiger partial charge in [0.1, 0.15) is 6.10 Å². The summed E-state index contributed by atoms with van der Waals surface area (Å²) in [5, 5.41) is 12.7. The van der Waals surface area contributed by atoms with E-state index in [1.807, 2.05) is 19.2 Å². The fourth-order valence-electron chi connectivity index (χ4n) is 4.46. The fourth-order valence-corrected chi connectivity index (χ4v) is 4.46. The van der Waals surface area contributed by atoms with Crippen LogP contribution in [0.5, 0.6) is 0 Å². The van der Waals surface area contributed by atoms with Crippen molar-refractivity contribution in [1.82, 2.24) is 0 Å². The van der Waals surface area contributed by atoms with Gasteiger partial charge in [0, 0.05) is 25.7 Å². The zero-order chi connectivity index (χ0) is 16.6. The third-order valence-corrected chi connectivity index (χ3v) is 5.89. The van der Waals surface area contributed by atoms with Gasteiger partial charge in [-0.15, -0.1) is 0 Å². The summed E-state index contributed by atoms with van der Waals surface area (Å²) in [6, 6.07) is 21.2. The second-order valence-electron chi connectivity index (χ2n) is 7.37. The van der Waals surface area contributed by atoms with Gasteiger partial charge >= 0.3 is 0 Å². The van der Waals surface area contributed by atoms with E-state index >= 15 is 0 Å². The van der Waals surface area contributed by atoms with Crippen molar-refractivity contribution in [1.29, 1.82) is 0 Å². The molecule has 24 heavy (non-hydrogen) atoms. The van der Waals surface area contributed by atoms with Gasteiger partial charge in [0.05, 0.1) is 25.2 Å². The third kappa shape index (κ3) is 2.88. The van der Waals surface area contributed by atoms with E-state index in [-0.39, 0.29) is 28.9 Å². The minimum Gasteiger partial charge on any atom is -0.633 e. The van der Waals surface area contributed by atoms with Gasteiger partial charge in [-0.25, -0.2) is 0 Å². The molecule has 0 amide bonds. The van der Waals surface area contributed by atoms with Gasteiger partial charge in [-0.05, 0) is 11.1 Å². The lowest BCUT2D eigenvalue weighted by atomic mass is 9.97. The summed E-state index contributed by atoms with van der Waals surface area (Å²) < 4.78 is 6.53. The van der Waals surface area contributed by atoms with Crippen LogP contribution in [0.3, 0.4) is 0 Å². The Balaban J connectivity index is 1.58.